The number of carbonyl (C=O) groups excluding carboxylic acids is 1. The third-order valence-corrected chi connectivity index (χ3v) is 4.95. The van der Waals surface area contributed by atoms with E-state index in [2.05, 4.69) is 10.3 Å². The molecule has 1 aromatic carbocycles. The Morgan fingerprint density at radius 2 is 2.04 bits per heavy atom. The van der Waals surface area contributed by atoms with E-state index >= 15 is 0 Å². The van der Waals surface area contributed by atoms with Crippen molar-refractivity contribution in [1.29, 1.82) is 0 Å². The van der Waals surface area contributed by atoms with Gasteiger partial charge >= 0.3 is 0 Å². The van der Waals surface area contributed by atoms with E-state index in [4.69, 9.17) is 0 Å². The Morgan fingerprint density at radius 3 is 2.88 bits per heavy atom. The minimum absolute atomic E-state index is 0.0591. The maximum Gasteiger partial charge on any atom is 0.258 e. The molecule has 1 amide bonds. The molecule has 3 aromatic rings. The second-order valence-corrected chi connectivity index (χ2v) is 6.79. The molecule has 0 bridgehead atoms. The maximum atomic E-state index is 12.1. The molecule has 25 heavy (non-hydrogen) atoms. The van der Waals surface area contributed by atoms with Gasteiger partial charge in [-0.25, -0.2) is 4.98 Å². The normalized spacial score (nSPS) is 10.8. The smallest absolute Gasteiger partial charge is 0.258 e. The predicted molar refractivity (Wildman–Crippen MR) is 102 cm³/mol. The predicted octanol–water partition coefficient (Wildman–Crippen LogP) is 3.18. The largest absolute Gasteiger partial charge is 0.325 e. The molecule has 0 saturated carbocycles. The molecule has 6 heteroatoms. The van der Waals surface area contributed by atoms with Crippen LogP contribution in [0.1, 0.15) is 16.8 Å². The van der Waals surface area contributed by atoms with E-state index in [0.29, 0.717) is 22.8 Å². The molecule has 2 heterocycles. The van der Waals surface area contributed by atoms with Gasteiger partial charge in [-0.2, -0.15) is 0 Å². The summed E-state index contributed by atoms with van der Waals surface area (Å²) in [6, 6.07) is 12.8. The minimum atomic E-state index is -0.110. The Hall–Kier alpha value is -2.60. The lowest BCUT2D eigenvalue weighted by atomic mass is 10.1. The van der Waals surface area contributed by atoms with Crippen molar-refractivity contribution in [2.75, 3.05) is 11.1 Å². The van der Waals surface area contributed by atoms with Crippen LogP contribution in [0.3, 0.4) is 0 Å². The van der Waals surface area contributed by atoms with Gasteiger partial charge in [0.05, 0.1) is 11.4 Å². The maximum absolute atomic E-state index is 12.1. The fourth-order valence-electron chi connectivity index (χ4n) is 2.50. The van der Waals surface area contributed by atoms with Crippen molar-refractivity contribution in [3.63, 3.8) is 0 Å². The number of anilines is 1. The zero-order valence-corrected chi connectivity index (χ0v) is 15.0. The summed E-state index contributed by atoms with van der Waals surface area (Å²) >= 11 is 1.44. The number of nitrogens with zero attached hydrogens (tertiary/aromatic N) is 2. The van der Waals surface area contributed by atoms with E-state index in [1.807, 2.05) is 38.1 Å². The second kappa shape index (κ2) is 7.53. The number of carbonyl (C=O) groups is 1. The molecule has 128 valence electrons. The lowest BCUT2D eigenvalue weighted by molar-refractivity contribution is -0.113. The van der Waals surface area contributed by atoms with Crippen molar-refractivity contribution >= 4 is 29.0 Å². The standard InChI is InChI=1S/C19H19N3O2S/c1-13-6-5-7-16(14(13)2)21-18(23)12-25-11-15-10-19(24)22-9-4-3-8-17(22)20-15/h3-10H,11-12H2,1-2H3,(H,21,23). The number of pyridine rings is 1. The third kappa shape index (κ3) is 4.09. The third-order valence-electron chi connectivity index (χ3n) is 3.99. The molecule has 2 aromatic heterocycles. The molecule has 0 unspecified atom stereocenters. The van der Waals surface area contributed by atoms with Crippen LogP contribution in [0.2, 0.25) is 0 Å². The van der Waals surface area contributed by atoms with E-state index in [0.717, 1.165) is 16.8 Å². The van der Waals surface area contributed by atoms with Crippen LogP contribution in [0, 0.1) is 13.8 Å². The van der Waals surface area contributed by atoms with Gasteiger partial charge in [0.2, 0.25) is 5.91 Å². The van der Waals surface area contributed by atoms with Crippen molar-refractivity contribution in [2.24, 2.45) is 0 Å². The molecule has 5 nitrogen and oxygen atoms in total. The van der Waals surface area contributed by atoms with Crippen molar-refractivity contribution in [1.82, 2.24) is 9.38 Å². The first-order valence-corrected chi connectivity index (χ1v) is 9.11. The average Bonchev–Trinajstić information content (AvgIpc) is 2.59. The van der Waals surface area contributed by atoms with Gasteiger partial charge in [0.1, 0.15) is 5.65 Å². The molecule has 0 saturated heterocycles. The number of hydrogen-bond donors (Lipinski definition) is 1. The molecule has 0 aliphatic carbocycles. The molecule has 3 rings (SSSR count). The number of nitrogens with one attached hydrogen (secondary N) is 1. The van der Waals surface area contributed by atoms with Crippen molar-refractivity contribution in [3.8, 4) is 0 Å². The SMILES string of the molecule is Cc1cccc(NC(=O)CSCc2cc(=O)n3ccccc3n2)c1C. The highest BCUT2D eigenvalue weighted by Crippen LogP contribution is 2.18. The summed E-state index contributed by atoms with van der Waals surface area (Å²) in [7, 11) is 0. The van der Waals surface area contributed by atoms with Gasteiger partial charge in [-0.1, -0.05) is 18.2 Å². The topological polar surface area (TPSA) is 63.5 Å². The highest BCUT2D eigenvalue weighted by atomic mass is 32.2. The summed E-state index contributed by atoms with van der Waals surface area (Å²) in [5.74, 6) is 0.764. The lowest BCUT2D eigenvalue weighted by Gasteiger charge is -2.10. The zero-order valence-electron chi connectivity index (χ0n) is 14.2. The van der Waals surface area contributed by atoms with Crippen LogP contribution in [0.25, 0.3) is 5.65 Å². The van der Waals surface area contributed by atoms with Crippen LogP contribution in [-0.2, 0) is 10.5 Å². The van der Waals surface area contributed by atoms with Crippen LogP contribution in [0.5, 0.6) is 0 Å². The molecule has 0 aliphatic heterocycles. The summed E-state index contributed by atoms with van der Waals surface area (Å²) in [5.41, 5.74) is 4.25. The van der Waals surface area contributed by atoms with Crippen LogP contribution >= 0.6 is 11.8 Å². The summed E-state index contributed by atoms with van der Waals surface area (Å²) in [6.07, 6.45) is 1.69. The first-order valence-electron chi connectivity index (χ1n) is 7.96. The quantitative estimate of drug-likeness (QED) is 0.765. The summed E-state index contributed by atoms with van der Waals surface area (Å²) < 4.78 is 1.50. The first kappa shape index (κ1) is 17.2. The molecular weight excluding hydrogens is 334 g/mol. The number of thioether (sulfide) groups is 1. The van der Waals surface area contributed by atoms with Crippen molar-refractivity contribution in [3.05, 3.63) is 75.8 Å². The highest BCUT2D eigenvalue weighted by molar-refractivity contribution is 7.99. The number of hydrogen-bond acceptors (Lipinski definition) is 4. The summed E-state index contributed by atoms with van der Waals surface area (Å²) in [5, 5.41) is 2.93. The van der Waals surface area contributed by atoms with Gasteiger partial charge in [0.15, 0.2) is 0 Å². The van der Waals surface area contributed by atoms with Crippen LogP contribution < -0.4 is 10.9 Å². The number of rotatable bonds is 5. The number of benzene rings is 1. The lowest BCUT2D eigenvalue weighted by Crippen LogP contribution is -2.16. The number of fused-ring (bicyclic) bond motifs is 1. The number of aryl methyl sites for hydroxylation is 1. The van der Waals surface area contributed by atoms with Gasteiger partial charge in [0.25, 0.3) is 5.56 Å². The Kier molecular flexibility index (Phi) is 5.19. The van der Waals surface area contributed by atoms with Crippen molar-refractivity contribution in [2.45, 2.75) is 19.6 Å². The molecule has 0 spiro atoms. The van der Waals surface area contributed by atoms with Gasteiger partial charge in [-0.15, -0.1) is 11.8 Å². The monoisotopic (exact) mass is 353 g/mol. The van der Waals surface area contributed by atoms with E-state index in [1.54, 1.807) is 18.3 Å². The Bertz CT molecular complexity index is 982. The molecule has 0 atom stereocenters. The van der Waals surface area contributed by atoms with E-state index in [1.165, 1.54) is 22.2 Å². The van der Waals surface area contributed by atoms with Gasteiger partial charge in [-0.3, -0.25) is 14.0 Å². The molecule has 1 N–H and O–H groups in total. The zero-order chi connectivity index (χ0) is 17.8. The van der Waals surface area contributed by atoms with Crippen molar-refractivity contribution < 1.29 is 4.79 Å². The Labute approximate surface area is 150 Å². The molecule has 0 fully saturated rings. The van der Waals surface area contributed by atoms with E-state index < -0.39 is 0 Å². The molecule has 0 aliphatic rings. The van der Waals surface area contributed by atoms with Gasteiger partial charge in [0, 0.05) is 23.7 Å². The Morgan fingerprint density at radius 1 is 1.20 bits per heavy atom. The van der Waals surface area contributed by atoms with Crippen LogP contribution in [0.4, 0.5) is 5.69 Å². The molecular formula is C19H19N3O2S. The van der Waals surface area contributed by atoms with E-state index in [9.17, 15) is 9.59 Å². The second-order valence-electron chi connectivity index (χ2n) is 5.80. The van der Waals surface area contributed by atoms with Gasteiger partial charge < -0.3 is 5.32 Å². The Balaban J connectivity index is 1.60. The first-order chi connectivity index (χ1) is 12.0. The number of amides is 1. The van der Waals surface area contributed by atoms with Crippen LogP contribution in [-0.4, -0.2) is 21.0 Å². The minimum Gasteiger partial charge on any atom is -0.325 e. The van der Waals surface area contributed by atoms with Crippen LogP contribution in [0.15, 0.2) is 53.5 Å². The highest BCUT2D eigenvalue weighted by Gasteiger charge is 2.07. The average molecular weight is 353 g/mol. The van der Waals surface area contributed by atoms with E-state index in [-0.39, 0.29) is 11.5 Å². The van der Waals surface area contributed by atoms with Gasteiger partial charge in [-0.05, 0) is 43.2 Å². The summed E-state index contributed by atoms with van der Waals surface area (Å²) in [4.78, 5) is 28.6. The fraction of sp³-hybridized carbons (Fsp3) is 0.211. The summed E-state index contributed by atoms with van der Waals surface area (Å²) in [6.45, 7) is 4.01. The number of aromatic nitrogens is 2. The molecule has 0 radical (unpaired) electrons. The fourth-order valence-corrected chi connectivity index (χ4v) is 3.21.